The van der Waals surface area contributed by atoms with Crippen molar-refractivity contribution in [1.82, 2.24) is 0 Å². The van der Waals surface area contributed by atoms with Crippen molar-refractivity contribution in [2.45, 2.75) is 97.3 Å². The molecule has 19 heavy (non-hydrogen) atoms. The quantitative estimate of drug-likeness (QED) is 0.405. The van der Waals surface area contributed by atoms with Crippen LogP contribution in [0.2, 0.25) is 0 Å². The first kappa shape index (κ1) is 18.5. The second-order valence-electron chi connectivity index (χ2n) is 5.98. The number of rotatable bonds is 14. The summed E-state index contributed by atoms with van der Waals surface area (Å²) < 4.78 is 0. The molecule has 0 aromatic carbocycles. The van der Waals surface area contributed by atoms with Gasteiger partial charge in [0.1, 0.15) is 0 Å². The molecule has 0 radical (unpaired) electrons. The van der Waals surface area contributed by atoms with E-state index in [0.29, 0.717) is 6.42 Å². The number of carboxylic acid groups (broad SMARTS) is 1. The van der Waals surface area contributed by atoms with Crippen molar-refractivity contribution in [3.05, 3.63) is 0 Å². The lowest BCUT2D eigenvalue weighted by Gasteiger charge is -2.07. The van der Waals surface area contributed by atoms with Crippen molar-refractivity contribution < 1.29 is 9.90 Å². The molecule has 0 aliphatic heterocycles. The molecule has 0 aromatic heterocycles. The van der Waals surface area contributed by atoms with Crippen molar-refractivity contribution in [3.63, 3.8) is 0 Å². The van der Waals surface area contributed by atoms with Gasteiger partial charge in [0.15, 0.2) is 0 Å². The topological polar surface area (TPSA) is 37.3 Å². The van der Waals surface area contributed by atoms with Crippen LogP contribution in [0.1, 0.15) is 97.3 Å². The molecule has 0 spiro atoms. The van der Waals surface area contributed by atoms with E-state index in [0.717, 1.165) is 18.8 Å². The Labute approximate surface area is 120 Å². The number of carbonyl (C=O) groups is 1. The maximum atomic E-state index is 10.3. The fourth-order valence-electron chi connectivity index (χ4n) is 2.39. The molecular weight excluding hydrogens is 236 g/mol. The first-order valence-electron chi connectivity index (χ1n) is 8.38. The van der Waals surface area contributed by atoms with Gasteiger partial charge in [-0.3, -0.25) is 4.79 Å². The lowest BCUT2D eigenvalue weighted by Crippen LogP contribution is -1.93. The highest BCUT2D eigenvalue weighted by molar-refractivity contribution is 5.66. The standard InChI is InChI=1S/C17H34O2/c1-3-16(2)14-12-10-8-6-4-5-7-9-11-13-15-17(18)19/h16H,3-15H2,1-2H3,(H,18,19)/t16-/m1/s1. The van der Waals surface area contributed by atoms with Crippen molar-refractivity contribution in [1.29, 1.82) is 0 Å². The van der Waals surface area contributed by atoms with Crippen LogP contribution in [0, 0.1) is 5.92 Å². The Hall–Kier alpha value is -0.530. The highest BCUT2D eigenvalue weighted by Gasteiger charge is 1.99. The average molecular weight is 270 g/mol. The van der Waals surface area contributed by atoms with E-state index in [2.05, 4.69) is 13.8 Å². The van der Waals surface area contributed by atoms with E-state index in [9.17, 15) is 4.79 Å². The Morgan fingerprint density at radius 3 is 1.68 bits per heavy atom. The van der Waals surface area contributed by atoms with E-state index in [-0.39, 0.29) is 0 Å². The normalized spacial score (nSPS) is 12.5. The molecule has 2 heteroatoms. The molecule has 0 saturated carbocycles. The Morgan fingerprint density at radius 1 is 0.842 bits per heavy atom. The number of hydrogen-bond donors (Lipinski definition) is 1. The maximum absolute atomic E-state index is 10.3. The molecule has 0 aliphatic carbocycles. The van der Waals surface area contributed by atoms with E-state index in [1.54, 1.807) is 0 Å². The van der Waals surface area contributed by atoms with Gasteiger partial charge in [0, 0.05) is 6.42 Å². The molecule has 0 aromatic rings. The first-order valence-corrected chi connectivity index (χ1v) is 8.38. The minimum Gasteiger partial charge on any atom is -0.481 e. The second kappa shape index (κ2) is 13.9. The van der Waals surface area contributed by atoms with Crippen LogP contribution in [0.25, 0.3) is 0 Å². The minimum atomic E-state index is -0.655. The summed E-state index contributed by atoms with van der Waals surface area (Å²) in [5.41, 5.74) is 0. The molecular formula is C17H34O2. The van der Waals surface area contributed by atoms with Crippen LogP contribution in [0.3, 0.4) is 0 Å². The molecule has 114 valence electrons. The third-order valence-electron chi connectivity index (χ3n) is 4.03. The lowest BCUT2D eigenvalue weighted by atomic mass is 9.99. The Balaban J connectivity index is 3.01. The van der Waals surface area contributed by atoms with E-state index < -0.39 is 5.97 Å². The van der Waals surface area contributed by atoms with E-state index in [1.165, 1.54) is 64.2 Å². The van der Waals surface area contributed by atoms with Gasteiger partial charge in [-0.1, -0.05) is 84.5 Å². The highest BCUT2D eigenvalue weighted by atomic mass is 16.4. The van der Waals surface area contributed by atoms with Gasteiger partial charge in [0.25, 0.3) is 0 Å². The van der Waals surface area contributed by atoms with Crippen LogP contribution in [-0.2, 0) is 4.79 Å². The molecule has 0 unspecified atom stereocenters. The minimum absolute atomic E-state index is 0.343. The summed E-state index contributed by atoms with van der Waals surface area (Å²) in [5, 5.41) is 8.51. The largest absolute Gasteiger partial charge is 0.481 e. The number of carboxylic acids is 1. The monoisotopic (exact) mass is 270 g/mol. The molecule has 0 rings (SSSR count). The van der Waals surface area contributed by atoms with E-state index >= 15 is 0 Å². The molecule has 2 nitrogen and oxygen atoms in total. The highest BCUT2D eigenvalue weighted by Crippen LogP contribution is 2.15. The van der Waals surface area contributed by atoms with Crippen molar-refractivity contribution in [2.24, 2.45) is 5.92 Å². The third kappa shape index (κ3) is 15.4. The second-order valence-corrected chi connectivity index (χ2v) is 5.98. The predicted octanol–water partition coefficient (Wildman–Crippen LogP) is 5.80. The van der Waals surface area contributed by atoms with Gasteiger partial charge in [0.2, 0.25) is 0 Å². The fourth-order valence-corrected chi connectivity index (χ4v) is 2.39. The Kier molecular flexibility index (Phi) is 13.5. The summed E-state index contributed by atoms with van der Waals surface area (Å²) in [7, 11) is 0. The molecule has 0 amide bonds. The van der Waals surface area contributed by atoms with E-state index in [4.69, 9.17) is 5.11 Å². The van der Waals surface area contributed by atoms with Crippen LogP contribution < -0.4 is 0 Å². The van der Waals surface area contributed by atoms with Gasteiger partial charge in [-0.2, -0.15) is 0 Å². The summed E-state index contributed by atoms with van der Waals surface area (Å²) in [4.78, 5) is 10.3. The molecule has 0 saturated heterocycles. The zero-order valence-electron chi connectivity index (χ0n) is 13.1. The fraction of sp³-hybridized carbons (Fsp3) is 0.941. The van der Waals surface area contributed by atoms with Crippen molar-refractivity contribution >= 4 is 5.97 Å². The Morgan fingerprint density at radius 2 is 1.26 bits per heavy atom. The van der Waals surface area contributed by atoms with Crippen molar-refractivity contribution in [3.8, 4) is 0 Å². The zero-order valence-corrected chi connectivity index (χ0v) is 13.1. The maximum Gasteiger partial charge on any atom is 0.303 e. The van der Waals surface area contributed by atoms with Crippen LogP contribution in [0.4, 0.5) is 0 Å². The summed E-state index contributed by atoms with van der Waals surface area (Å²) in [6.45, 7) is 4.63. The molecule has 0 fully saturated rings. The van der Waals surface area contributed by atoms with Crippen LogP contribution in [-0.4, -0.2) is 11.1 Å². The summed E-state index contributed by atoms with van der Waals surface area (Å²) in [6, 6.07) is 0. The summed E-state index contributed by atoms with van der Waals surface area (Å²) in [6.07, 6.45) is 15.8. The smallest absolute Gasteiger partial charge is 0.303 e. The van der Waals surface area contributed by atoms with Gasteiger partial charge in [0.05, 0.1) is 0 Å². The number of aliphatic carboxylic acids is 1. The number of unbranched alkanes of at least 4 members (excludes halogenated alkanes) is 9. The van der Waals surface area contributed by atoms with Crippen molar-refractivity contribution in [2.75, 3.05) is 0 Å². The molecule has 1 N–H and O–H groups in total. The van der Waals surface area contributed by atoms with Crippen LogP contribution in [0.15, 0.2) is 0 Å². The van der Waals surface area contributed by atoms with Crippen LogP contribution in [0.5, 0.6) is 0 Å². The molecule has 0 heterocycles. The van der Waals surface area contributed by atoms with Gasteiger partial charge >= 0.3 is 5.97 Å². The van der Waals surface area contributed by atoms with Gasteiger partial charge in [-0.15, -0.1) is 0 Å². The number of hydrogen-bond acceptors (Lipinski definition) is 1. The SMILES string of the molecule is CC[C@@H](C)CCCCCCCCCCCCC(=O)O. The molecule has 0 bridgehead atoms. The Bertz CT molecular complexity index is 201. The third-order valence-corrected chi connectivity index (χ3v) is 4.03. The van der Waals surface area contributed by atoms with Crippen LogP contribution >= 0.6 is 0 Å². The summed E-state index contributed by atoms with van der Waals surface area (Å²) in [5.74, 6) is 0.253. The van der Waals surface area contributed by atoms with Gasteiger partial charge in [-0.25, -0.2) is 0 Å². The zero-order chi connectivity index (χ0) is 14.3. The van der Waals surface area contributed by atoms with Gasteiger partial charge in [-0.05, 0) is 12.3 Å². The average Bonchev–Trinajstić information content (AvgIpc) is 2.39. The molecule has 1 atom stereocenters. The van der Waals surface area contributed by atoms with E-state index in [1.807, 2.05) is 0 Å². The molecule has 0 aliphatic rings. The first-order chi connectivity index (χ1) is 9.16. The van der Waals surface area contributed by atoms with Gasteiger partial charge < -0.3 is 5.11 Å². The predicted molar refractivity (Wildman–Crippen MR) is 82.5 cm³/mol. The summed E-state index contributed by atoms with van der Waals surface area (Å²) >= 11 is 0. The lowest BCUT2D eigenvalue weighted by molar-refractivity contribution is -0.137.